The van der Waals surface area contributed by atoms with Gasteiger partial charge in [0.2, 0.25) is 11.8 Å². The lowest BCUT2D eigenvalue weighted by molar-refractivity contribution is -0.138. The number of piperazine rings is 1. The van der Waals surface area contributed by atoms with Gasteiger partial charge in [-0.05, 0) is 34.4 Å². The molecule has 3 aromatic rings. The molecule has 1 atom stereocenters. The van der Waals surface area contributed by atoms with Gasteiger partial charge in [0, 0.05) is 33.2 Å². The van der Waals surface area contributed by atoms with Crippen molar-refractivity contribution in [3.63, 3.8) is 0 Å². The highest BCUT2D eigenvalue weighted by Crippen LogP contribution is 2.19. The van der Waals surface area contributed by atoms with Gasteiger partial charge in [0.15, 0.2) is 0 Å². The first-order chi connectivity index (χ1) is 15.1. The number of benzene rings is 3. The molecule has 0 aromatic heterocycles. The number of nitrogens with zero attached hydrogens (tertiary/aromatic N) is 2. The number of likely N-dealkylation sites (N-methyl/N-ethyl adjacent to an activating group) is 1. The van der Waals surface area contributed by atoms with Crippen LogP contribution in [0.1, 0.15) is 17.5 Å². The summed E-state index contributed by atoms with van der Waals surface area (Å²) in [6.07, 6.45) is 1.01. The molecule has 0 radical (unpaired) electrons. The van der Waals surface area contributed by atoms with Gasteiger partial charge in [0.1, 0.15) is 0 Å². The fraction of sp³-hybridized carbons (Fsp3) is 0.308. The third kappa shape index (κ3) is 5.30. The van der Waals surface area contributed by atoms with Crippen LogP contribution >= 0.6 is 0 Å². The molecule has 4 rings (SSSR count). The molecule has 0 unspecified atom stereocenters. The average molecular weight is 416 g/mol. The second-order valence-electron chi connectivity index (χ2n) is 8.21. The Labute approximate surface area is 183 Å². The summed E-state index contributed by atoms with van der Waals surface area (Å²) in [5, 5.41) is 5.32. The van der Waals surface area contributed by atoms with Gasteiger partial charge in [0.05, 0.1) is 12.5 Å². The average Bonchev–Trinajstić information content (AvgIpc) is 2.80. The fourth-order valence-electron chi connectivity index (χ4n) is 4.13. The molecule has 0 spiro atoms. The minimum Gasteiger partial charge on any atom is -0.353 e. The van der Waals surface area contributed by atoms with Gasteiger partial charge in [-0.15, -0.1) is 0 Å². The molecule has 5 heteroatoms. The lowest BCUT2D eigenvalue weighted by Gasteiger charge is -2.35. The first kappa shape index (κ1) is 21.1. The third-order valence-electron chi connectivity index (χ3n) is 6.01. The number of carbonyl (C=O) groups excluding carboxylic acids is 2. The Bertz CT molecular complexity index is 1050. The van der Waals surface area contributed by atoms with E-state index in [4.69, 9.17) is 0 Å². The third-order valence-corrected chi connectivity index (χ3v) is 6.01. The Balaban J connectivity index is 1.40. The highest BCUT2D eigenvalue weighted by Gasteiger charge is 2.32. The maximum Gasteiger partial charge on any atom is 0.237 e. The summed E-state index contributed by atoms with van der Waals surface area (Å²) in [5.41, 5.74) is 2.36. The standard InChI is InChI=1S/C26H29N3O2/c1-28(15-13-20-7-3-2-4-8-20)25(30)18-24-26(31)27-14-16-29(24)19-21-11-12-22-9-5-6-10-23(22)17-21/h2-12,17,24H,13-16,18-19H2,1H3,(H,27,31)/t24-/m1/s1. The van der Waals surface area contributed by atoms with E-state index in [0.29, 0.717) is 19.6 Å². The van der Waals surface area contributed by atoms with Crippen LogP contribution in [0.3, 0.4) is 0 Å². The first-order valence-electron chi connectivity index (χ1n) is 10.9. The van der Waals surface area contributed by atoms with E-state index in [-0.39, 0.29) is 18.2 Å². The molecule has 1 saturated heterocycles. The topological polar surface area (TPSA) is 52.7 Å². The second kappa shape index (κ2) is 9.75. The molecule has 1 fully saturated rings. The zero-order chi connectivity index (χ0) is 21.6. The van der Waals surface area contributed by atoms with E-state index in [1.54, 1.807) is 4.90 Å². The molecule has 5 nitrogen and oxygen atoms in total. The molecular weight excluding hydrogens is 386 g/mol. The fourth-order valence-corrected chi connectivity index (χ4v) is 4.13. The van der Waals surface area contributed by atoms with E-state index in [9.17, 15) is 9.59 Å². The highest BCUT2D eigenvalue weighted by molar-refractivity contribution is 5.89. The molecule has 1 aliphatic heterocycles. The Hall–Kier alpha value is -3.18. The molecule has 1 N–H and O–H groups in total. The van der Waals surface area contributed by atoms with Gasteiger partial charge in [-0.2, -0.15) is 0 Å². The molecular formula is C26H29N3O2. The van der Waals surface area contributed by atoms with E-state index in [1.165, 1.54) is 16.3 Å². The van der Waals surface area contributed by atoms with Crippen molar-refractivity contribution in [3.05, 3.63) is 83.9 Å². The molecule has 0 aliphatic carbocycles. The van der Waals surface area contributed by atoms with Gasteiger partial charge in [-0.3, -0.25) is 14.5 Å². The van der Waals surface area contributed by atoms with Gasteiger partial charge in [-0.1, -0.05) is 66.7 Å². The maximum atomic E-state index is 12.9. The zero-order valence-corrected chi connectivity index (χ0v) is 18.0. The van der Waals surface area contributed by atoms with Gasteiger partial charge >= 0.3 is 0 Å². The number of rotatable bonds is 7. The van der Waals surface area contributed by atoms with Crippen LogP contribution in [0.25, 0.3) is 10.8 Å². The van der Waals surface area contributed by atoms with Crippen LogP contribution in [-0.4, -0.2) is 54.3 Å². The Morgan fingerprint density at radius 2 is 1.74 bits per heavy atom. The number of amides is 2. The first-order valence-corrected chi connectivity index (χ1v) is 10.9. The summed E-state index contributed by atoms with van der Waals surface area (Å²) < 4.78 is 0. The van der Waals surface area contributed by atoms with Crippen molar-refractivity contribution in [2.45, 2.75) is 25.4 Å². The summed E-state index contributed by atoms with van der Waals surface area (Å²) in [7, 11) is 1.82. The number of fused-ring (bicyclic) bond motifs is 1. The zero-order valence-electron chi connectivity index (χ0n) is 18.0. The van der Waals surface area contributed by atoms with E-state index < -0.39 is 6.04 Å². The number of hydrogen-bond donors (Lipinski definition) is 1. The second-order valence-corrected chi connectivity index (χ2v) is 8.21. The highest BCUT2D eigenvalue weighted by atomic mass is 16.2. The lowest BCUT2D eigenvalue weighted by atomic mass is 10.0. The molecule has 31 heavy (non-hydrogen) atoms. The maximum absolute atomic E-state index is 12.9. The predicted molar refractivity (Wildman–Crippen MR) is 124 cm³/mol. The molecule has 1 aliphatic rings. The molecule has 1 heterocycles. The van der Waals surface area contributed by atoms with Crippen molar-refractivity contribution in [2.75, 3.05) is 26.7 Å². The van der Waals surface area contributed by atoms with E-state index >= 15 is 0 Å². The van der Waals surface area contributed by atoms with Crippen LogP contribution in [0.5, 0.6) is 0 Å². The molecule has 2 amide bonds. The van der Waals surface area contributed by atoms with Crippen LogP contribution in [0.15, 0.2) is 72.8 Å². The molecule has 160 valence electrons. The van der Waals surface area contributed by atoms with Crippen molar-refractivity contribution in [3.8, 4) is 0 Å². The summed E-state index contributed by atoms with van der Waals surface area (Å²) in [5.74, 6) is -0.0571. The number of carbonyl (C=O) groups is 2. The summed E-state index contributed by atoms with van der Waals surface area (Å²) >= 11 is 0. The van der Waals surface area contributed by atoms with Crippen molar-refractivity contribution >= 4 is 22.6 Å². The number of nitrogens with one attached hydrogen (secondary N) is 1. The van der Waals surface area contributed by atoms with Crippen molar-refractivity contribution < 1.29 is 9.59 Å². The van der Waals surface area contributed by atoms with Gasteiger partial charge in [0.25, 0.3) is 0 Å². The minimum atomic E-state index is -0.438. The predicted octanol–water partition coefficient (Wildman–Crippen LogP) is 3.23. The Morgan fingerprint density at radius 1 is 1.00 bits per heavy atom. The van der Waals surface area contributed by atoms with Gasteiger partial charge in [-0.25, -0.2) is 0 Å². The van der Waals surface area contributed by atoms with E-state index in [1.807, 2.05) is 37.4 Å². The summed E-state index contributed by atoms with van der Waals surface area (Å²) in [6, 6.07) is 24.4. The van der Waals surface area contributed by atoms with Gasteiger partial charge < -0.3 is 10.2 Å². The molecule has 3 aromatic carbocycles. The van der Waals surface area contributed by atoms with Crippen molar-refractivity contribution in [2.24, 2.45) is 0 Å². The largest absolute Gasteiger partial charge is 0.353 e. The van der Waals surface area contributed by atoms with E-state index in [2.05, 4.69) is 52.7 Å². The Kier molecular flexibility index (Phi) is 6.63. The molecule has 0 bridgehead atoms. The van der Waals surface area contributed by atoms with Crippen LogP contribution < -0.4 is 5.32 Å². The van der Waals surface area contributed by atoms with Crippen LogP contribution in [-0.2, 0) is 22.6 Å². The number of hydrogen-bond acceptors (Lipinski definition) is 3. The van der Waals surface area contributed by atoms with Crippen molar-refractivity contribution in [1.82, 2.24) is 15.1 Å². The summed E-state index contributed by atoms with van der Waals surface area (Å²) in [6.45, 7) is 2.65. The van der Waals surface area contributed by atoms with E-state index in [0.717, 1.165) is 18.5 Å². The van der Waals surface area contributed by atoms with Crippen LogP contribution in [0.2, 0.25) is 0 Å². The van der Waals surface area contributed by atoms with Crippen LogP contribution in [0.4, 0.5) is 0 Å². The molecule has 0 saturated carbocycles. The SMILES string of the molecule is CN(CCc1ccccc1)C(=O)C[C@@H]1C(=O)NCCN1Cc1ccc2ccccc2c1. The quantitative estimate of drug-likeness (QED) is 0.645. The normalized spacial score (nSPS) is 16.8. The minimum absolute atomic E-state index is 0.00138. The Morgan fingerprint density at radius 3 is 2.55 bits per heavy atom. The van der Waals surface area contributed by atoms with Crippen molar-refractivity contribution in [1.29, 1.82) is 0 Å². The lowest BCUT2D eigenvalue weighted by Crippen LogP contribution is -2.56. The summed E-state index contributed by atoms with van der Waals surface area (Å²) in [4.78, 5) is 29.4. The monoisotopic (exact) mass is 415 g/mol. The van der Waals surface area contributed by atoms with Crippen LogP contribution in [0, 0.1) is 0 Å². The smallest absolute Gasteiger partial charge is 0.237 e.